The number of esters is 2. The normalized spacial score (nSPS) is 18.1. The molecule has 2 aromatic heterocycles. The molecule has 2 aliphatic rings. The van der Waals surface area contributed by atoms with Gasteiger partial charge in [-0.3, -0.25) is 37.8 Å². The molecule has 0 radical (unpaired) electrons. The summed E-state index contributed by atoms with van der Waals surface area (Å²) >= 11 is 6.01. The van der Waals surface area contributed by atoms with E-state index in [4.69, 9.17) is 74.6 Å². The molecule has 2 fully saturated rings. The molecule has 9 atom stereocenters. The Kier molecular flexibility index (Phi) is 55.8. The number of aliphatic hydroxyl groups excluding tert-OH is 1. The fourth-order valence-corrected chi connectivity index (χ4v) is 17.9. The number of H-pyrrole nitrogens is 1. The minimum absolute atomic E-state index is 0.0429. The third-order valence-electron chi connectivity index (χ3n) is 22.9. The van der Waals surface area contributed by atoms with E-state index in [9.17, 15) is 33.9 Å². The summed E-state index contributed by atoms with van der Waals surface area (Å²) in [6.07, 6.45) is 52.1. The molecule has 2 aliphatic heterocycles. The van der Waals surface area contributed by atoms with Gasteiger partial charge in [0.15, 0.2) is 30.1 Å². The minimum Gasteiger partial charge on any atom is -0.490 e. The van der Waals surface area contributed by atoms with Crippen LogP contribution in [0.2, 0.25) is 0 Å². The second-order valence-corrected chi connectivity index (χ2v) is 36.0. The van der Waals surface area contributed by atoms with Gasteiger partial charge in [0.25, 0.3) is 11.5 Å². The highest BCUT2D eigenvalue weighted by atomic mass is 32.5. The third kappa shape index (κ3) is 41.8. The van der Waals surface area contributed by atoms with Gasteiger partial charge in [-0.05, 0) is 67.0 Å². The van der Waals surface area contributed by atoms with Crippen LogP contribution in [0.15, 0.2) is 81.4 Å². The van der Waals surface area contributed by atoms with Gasteiger partial charge < -0.3 is 66.9 Å². The van der Waals surface area contributed by atoms with Crippen LogP contribution in [0.1, 0.15) is 370 Å². The Morgan fingerprint density at radius 1 is 0.516 bits per heavy atom. The van der Waals surface area contributed by atoms with E-state index in [0.717, 1.165) is 73.0 Å². The number of aliphatic hydroxyl groups is 1. The topological polar surface area (TPSA) is 288 Å². The van der Waals surface area contributed by atoms with Crippen LogP contribution < -0.4 is 36.5 Å². The van der Waals surface area contributed by atoms with E-state index in [0.29, 0.717) is 48.2 Å². The summed E-state index contributed by atoms with van der Waals surface area (Å²) in [6.45, 7) is 9.70. The lowest BCUT2D eigenvalue weighted by molar-refractivity contribution is -0.160. The number of hydrogen-bond donors (Lipinski definition) is 3. The predicted octanol–water partition coefficient (Wildman–Crippen LogP) is 21.8. The minimum atomic E-state index is -4.15. The smallest absolute Gasteiger partial charge is 0.351 e. The van der Waals surface area contributed by atoms with E-state index in [1.54, 1.807) is 30.3 Å². The molecule has 3 N–H and O–H groups in total. The maximum atomic E-state index is 14.2. The van der Waals surface area contributed by atoms with Crippen LogP contribution in [0, 0.1) is 6.57 Å². The third-order valence-corrected chi connectivity index (χ3v) is 25.3. The number of amides is 1. The summed E-state index contributed by atoms with van der Waals surface area (Å²) in [5.74, 6) is -0.502. The highest BCUT2D eigenvalue weighted by molar-refractivity contribution is 8.07. The highest BCUT2D eigenvalue weighted by Gasteiger charge is 2.52. The second-order valence-electron chi connectivity index (χ2n) is 33.1. The number of aromatic amines is 1. The summed E-state index contributed by atoms with van der Waals surface area (Å²) in [5, 5.41) is 13.3. The number of carbonyl (C=O) groups excluding carboxylic acids is 3. The van der Waals surface area contributed by atoms with Crippen LogP contribution >= 0.6 is 6.72 Å². The number of hydrogen-bond acceptors (Lipinski definition) is 21. The van der Waals surface area contributed by atoms with E-state index in [-0.39, 0.29) is 25.6 Å². The number of ether oxygens (including phenoxy) is 9. The van der Waals surface area contributed by atoms with Crippen LogP contribution in [0.25, 0.3) is 4.85 Å². The largest absolute Gasteiger partial charge is 0.490 e. The van der Waals surface area contributed by atoms with Crippen LogP contribution in [-0.2, 0) is 70.0 Å². The van der Waals surface area contributed by atoms with Gasteiger partial charge in [-0.15, -0.1) is 0 Å². The van der Waals surface area contributed by atoms with E-state index < -0.39 is 117 Å². The summed E-state index contributed by atoms with van der Waals surface area (Å²) in [7, 11) is 2.63. The van der Waals surface area contributed by atoms with E-state index in [2.05, 4.69) is 40.9 Å². The van der Waals surface area contributed by atoms with Crippen LogP contribution in [0.5, 0.6) is 17.2 Å². The summed E-state index contributed by atoms with van der Waals surface area (Å²) in [5.41, 5.74) is -1.45. The molecular formula is C95H153N6O19PS. The first-order valence-electron chi connectivity index (χ1n) is 47.3. The molecular weight excluding hydrogens is 1590 g/mol. The molecule has 4 aromatic rings. The lowest BCUT2D eigenvalue weighted by Crippen LogP contribution is -2.41. The number of aromatic nitrogens is 4. The Labute approximate surface area is 734 Å². The van der Waals surface area contributed by atoms with Gasteiger partial charge in [0, 0.05) is 38.2 Å². The van der Waals surface area contributed by atoms with Gasteiger partial charge in [-0.2, -0.15) is 4.98 Å². The van der Waals surface area contributed by atoms with Gasteiger partial charge in [-0.25, -0.2) is 16.2 Å². The standard InChI is InChI=1S/C95H153N6O19PS/c1-7-10-13-16-19-22-25-28-31-34-37-40-43-46-49-55-67-111-78-71-76(72-79(112-68-56-50-47-44-41-38-35-32-29-26-23-20-17-14-11-8-2)86(78)113-69-57-51-48-45-42-39-36-33-30-27-24-21-18-15-12-9-3)74-114-84(104)60-61-85(105)119-87-81(118-92(89(87)109-5)101-66-63-83(103)99-95(101)108)75-116-121(122,115-70-64-96-4)120-88-80(73-102)117-93(90(88)110-6)100-65-62-82(98-94(100)107)97-91(106)77-58-53-52-54-59-77/h52-54,58-59,62-63,65-66,71-72,80-81,87-90,92-93,102H,7-51,55-57,60-61,64,67-70,73-75H2,1-3,5-6H3,(H,99,103,108)(H,97,98,106,107)/t80-,81-,87?,88?,89+,90+,92-,93-,121?/m1/s1. The second kappa shape index (κ2) is 65.2. The molecule has 122 heavy (non-hydrogen) atoms. The number of nitrogens with one attached hydrogen (secondary N) is 2. The van der Waals surface area contributed by atoms with Gasteiger partial charge >= 0.3 is 30.0 Å². The molecule has 0 spiro atoms. The molecule has 0 saturated carbocycles. The number of anilines is 1. The van der Waals surface area contributed by atoms with Crippen molar-refractivity contribution in [3.05, 3.63) is 121 Å². The Hall–Kier alpha value is -6.37. The maximum Gasteiger partial charge on any atom is 0.351 e. The van der Waals surface area contributed by atoms with E-state index >= 15 is 0 Å². The number of nitrogens with zero attached hydrogens (tertiary/aromatic N) is 4. The predicted molar refractivity (Wildman–Crippen MR) is 484 cm³/mol. The quantitative estimate of drug-likeness (QED) is 0.0160. The molecule has 0 bridgehead atoms. The SMILES string of the molecule is [C-]#[N+]CCOP(=S)(OC[C@H]1O[C@@H](n2ccc(=O)[nH]c2=O)[C@@H](OC)C1OC(=O)CCC(=O)OCc1cc(OCCCCCCCCCCCCCCCCCC)c(OCCCCCCCCCCCCCCCCCC)c(OCCCCCCCCCCCCCCCCCC)c1)OC1[C@@H](CO)O[C@@H](n2ccc(NC(=O)c3ccccc3)nc2=O)[C@H]1OC. The van der Waals surface area contributed by atoms with Gasteiger partial charge in [0.1, 0.15) is 49.6 Å². The first-order valence-corrected chi connectivity index (χ1v) is 49.8. The summed E-state index contributed by atoms with van der Waals surface area (Å²) in [4.78, 5) is 90.2. The van der Waals surface area contributed by atoms with Crippen LogP contribution in [0.4, 0.5) is 5.82 Å². The highest BCUT2D eigenvalue weighted by Crippen LogP contribution is 2.55. The maximum absolute atomic E-state index is 14.2. The average Bonchev–Trinajstić information content (AvgIpc) is 1.63. The number of methoxy groups -OCH3 is 2. The molecule has 25 nitrogen and oxygen atoms in total. The van der Waals surface area contributed by atoms with Gasteiger partial charge in [-0.1, -0.05) is 328 Å². The van der Waals surface area contributed by atoms with Crippen LogP contribution in [-0.4, -0.2) is 139 Å². The Balaban J connectivity index is 1.12. The fourth-order valence-electron chi connectivity index (χ4n) is 15.8. The number of unbranched alkanes of at least 4 members (excludes halogenated alkanes) is 45. The van der Waals surface area contributed by atoms with Crippen molar-refractivity contribution in [2.75, 3.05) is 65.7 Å². The van der Waals surface area contributed by atoms with Crippen molar-refractivity contribution in [1.29, 1.82) is 0 Å². The molecule has 0 aliphatic carbocycles. The molecule has 1 amide bonds. The van der Waals surface area contributed by atoms with Crippen molar-refractivity contribution in [2.24, 2.45) is 0 Å². The van der Waals surface area contributed by atoms with Crippen molar-refractivity contribution in [3.63, 3.8) is 0 Å². The zero-order chi connectivity index (χ0) is 87.3. The van der Waals surface area contributed by atoms with Crippen molar-refractivity contribution in [1.82, 2.24) is 19.1 Å². The number of benzene rings is 2. The van der Waals surface area contributed by atoms with E-state index in [1.165, 1.54) is 283 Å². The Morgan fingerprint density at radius 2 is 0.934 bits per heavy atom. The summed E-state index contributed by atoms with van der Waals surface area (Å²) < 4.78 is 77.6. The molecule has 4 heterocycles. The lowest BCUT2D eigenvalue weighted by atomic mass is 10.0. The molecule has 27 heteroatoms. The molecule has 688 valence electrons. The first kappa shape index (κ1) is 104. The molecule has 3 unspecified atom stereocenters. The average molecular weight is 1750 g/mol. The van der Waals surface area contributed by atoms with Crippen LogP contribution in [0.3, 0.4) is 0 Å². The van der Waals surface area contributed by atoms with Gasteiger partial charge in [0.2, 0.25) is 12.3 Å². The zero-order valence-corrected chi connectivity index (χ0v) is 76.6. The number of rotatable bonds is 75. The van der Waals surface area contributed by atoms with Gasteiger partial charge in [0.05, 0.1) is 45.9 Å². The Bertz CT molecular complexity index is 3670. The van der Waals surface area contributed by atoms with Crippen molar-refractivity contribution in [3.8, 4) is 17.2 Å². The Morgan fingerprint density at radius 3 is 1.37 bits per heavy atom. The summed E-state index contributed by atoms with van der Waals surface area (Å²) in [6, 6.07) is 14.6. The monoisotopic (exact) mass is 1750 g/mol. The molecule has 2 saturated heterocycles. The zero-order valence-electron chi connectivity index (χ0n) is 74.9. The van der Waals surface area contributed by atoms with Crippen molar-refractivity contribution < 1.29 is 75.7 Å². The molecule has 2 aromatic carbocycles. The van der Waals surface area contributed by atoms with Crippen molar-refractivity contribution >= 4 is 42.2 Å². The first-order chi connectivity index (χ1) is 59.7. The van der Waals surface area contributed by atoms with E-state index in [1.807, 2.05) is 12.1 Å². The fraction of sp³-hybridized carbons (Fsp3) is 0.747. The van der Waals surface area contributed by atoms with Crippen molar-refractivity contribution in [2.45, 2.75) is 397 Å². The lowest BCUT2D eigenvalue weighted by Gasteiger charge is -2.30. The number of carbonyl (C=O) groups is 3. The molecule has 6 rings (SSSR count).